The summed E-state index contributed by atoms with van der Waals surface area (Å²) in [5.41, 5.74) is 0. The predicted octanol–water partition coefficient (Wildman–Crippen LogP) is 15.0. The molecule has 69 heavy (non-hydrogen) atoms. The summed E-state index contributed by atoms with van der Waals surface area (Å²) in [6.07, 6.45) is 56.9. The first-order valence-corrected chi connectivity index (χ1v) is 30.1. The monoisotopic (exact) mass is 978 g/mol. The van der Waals surface area contributed by atoms with Gasteiger partial charge in [0.15, 0.2) is 6.29 Å². The molecule has 0 saturated carbocycles. The van der Waals surface area contributed by atoms with Gasteiger partial charge in [-0.3, -0.25) is 4.79 Å². The van der Waals surface area contributed by atoms with Crippen LogP contribution in [0.25, 0.3) is 0 Å². The van der Waals surface area contributed by atoms with E-state index in [4.69, 9.17) is 9.47 Å². The number of aliphatic hydroxyl groups excluding tert-OH is 5. The second-order valence-corrected chi connectivity index (χ2v) is 21.1. The standard InChI is InChI=1S/C60H115NO8/c1-3-5-7-9-11-13-15-17-19-21-23-24-25-26-27-28-29-30-32-34-36-38-40-42-44-46-48-50-56(64)61-53(52-68-60-59(67)58(66)57(65)55(51-62)69-60)54(63)49-47-45-43-41-39-37-35-33-31-22-20-18-16-14-12-10-8-6-4-2/h39,41,47,49,53-55,57-60,62-63,65-67H,3-38,40,42-46,48,50-52H2,1-2H3,(H,61,64)/b41-39+,49-47+. The van der Waals surface area contributed by atoms with Crippen molar-refractivity contribution in [2.45, 2.75) is 339 Å². The van der Waals surface area contributed by atoms with Crippen LogP contribution in [0.3, 0.4) is 0 Å². The fourth-order valence-electron chi connectivity index (χ4n) is 9.76. The molecule has 0 aromatic rings. The van der Waals surface area contributed by atoms with Crippen LogP contribution in [0.1, 0.15) is 296 Å². The maximum atomic E-state index is 13.1. The molecule has 9 nitrogen and oxygen atoms in total. The van der Waals surface area contributed by atoms with E-state index in [1.54, 1.807) is 6.08 Å². The summed E-state index contributed by atoms with van der Waals surface area (Å²) in [4.78, 5) is 13.1. The average Bonchev–Trinajstić information content (AvgIpc) is 3.35. The Balaban J connectivity index is 2.19. The van der Waals surface area contributed by atoms with Crippen LogP contribution in [0.5, 0.6) is 0 Å². The Bertz CT molecular complexity index is 1130. The van der Waals surface area contributed by atoms with Crippen molar-refractivity contribution in [3.8, 4) is 0 Å². The Kier molecular flexibility index (Phi) is 47.8. The van der Waals surface area contributed by atoms with Gasteiger partial charge in [0.25, 0.3) is 0 Å². The highest BCUT2D eigenvalue weighted by Gasteiger charge is 2.44. The van der Waals surface area contributed by atoms with Gasteiger partial charge in [-0.1, -0.05) is 282 Å². The molecule has 0 bridgehead atoms. The Morgan fingerprint density at radius 1 is 0.478 bits per heavy atom. The normalized spacial score (nSPS) is 19.6. The SMILES string of the molecule is CCCCCCCCCCCCCCC/C=C/CC/C=C/C(O)C(COC1OC(CO)C(O)C(O)C1O)NC(=O)CCCCCCCCCCCCCCCCCCCCCCCCCCCCC. The van der Waals surface area contributed by atoms with E-state index in [9.17, 15) is 30.3 Å². The number of ether oxygens (including phenoxy) is 2. The summed E-state index contributed by atoms with van der Waals surface area (Å²) in [6.45, 7) is 3.80. The Morgan fingerprint density at radius 3 is 1.22 bits per heavy atom. The number of carbonyl (C=O) groups excluding carboxylic acids is 1. The van der Waals surface area contributed by atoms with Crippen molar-refractivity contribution < 1.29 is 39.8 Å². The van der Waals surface area contributed by atoms with Crippen molar-refractivity contribution in [1.29, 1.82) is 0 Å². The van der Waals surface area contributed by atoms with Gasteiger partial charge >= 0.3 is 0 Å². The zero-order chi connectivity index (χ0) is 50.1. The van der Waals surface area contributed by atoms with E-state index in [0.717, 1.165) is 38.5 Å². The highest BCUT2D eigenvalue weighted by atomic mass is 16.7. The van der Waals surface area contributed by atoms with E-state index < -0.39 is 49.5 Å². The largest absolute Gasteiger partial charge is 0.394 e. The number of nitrogens with one attached hydrogen (secondary N) is 1. The number of unbranched alkanes of at least 4 members (excludes halogenated alkanes) is 40. The molecule has 9 heteroatoms. The summed E-state index contributed by atoms with van der Waals surface area (Å²) >= 11 is 0. The lowest BCUT2D eigenvalue weighted by atomic mass is 9.99. The van der Waals surface area contributed by atoms with Crippen LogP contribution in [-0.2, 0) is 14.3 Å². The molecule has 1 rings (SSSR count). The van der Waals surface area contributed by atoms with Gasteiger partial charge in [0.1, 0.15) is 24.4 Å². The topological polar surface area (TPSA) is 149 Å². The van der Waals surface area contributed by atoms with Crippen molar-refractivity contribution in [2.24, 2.45) is 0 Å². The lowest BCUT2D eigenvalue weighted by Gasteiger charge is -2.40. The van der Waals surface area contributed by atoms with Crippen LogP contribution < -0.4 is 5.32 Å². The molecular weight excluding hydrogens is 863 g/mol. The van der Waals surface area contributed by atoms with Gasteiger partial charge < -0.3 is 40.3 Å². The maximum Gasteiger partial charge on any atom is 0.220 e. The molecule has 1 saturated heterocycles. The minimum Gasteiger partial charge on any atom is -0.394 e. The highest BCUT2D eigenvalue weighted by Crippen LogP contribution is 2.23. The first-order chi connectivity index (χ1) is 33.8. The lowest BCUT2D eigenvalue weighted by Crippen LogP contribution is -2.60. The van der Waals surface area contributed by atoms with Crippen LogP contribution in [0.4, 0.5) is 0 Å². The van der Waals surface area contributed by atoms with Crippen molar-refractivity contribution in [1.82, 2.24) is 5.32 Å². The van der Waals surface area contributed by atoms with Gasteiger partial charge in [-0.2, -0.15) is 0 Å². The van der Waals surface area contributed by atoms with Crippen LogP contribution in [0.2, 0.25) is 0 Å². The molecule has 1 heterocycles. The highest BCUT2D eigenvalue weighted by molar-refractivity contribution is 5.76. The van der Waals surface area contributed by atoms with Crippen LogP contribution in [0.15, 0.2) is 24.3 Å². The van der Waals surface area contributed by atoms with Crippen LogP contribution in [-0.4, -0.2) is 87.5 Å². The zero-order valence-electron chi connectivity index (χ0n) is 45.3. The summed E-state index contributed by atoms with van der Waals surface area (Å²) in [6, 6.07) is -0.818. The fraction of sp³-hybridized carbons (Fsp3) is 0.917. The van der Waals surface area contributed by atoms with E-state index in [1.807, 2.05) is 6.08 Å². The number of amides is 1. The third kappa shape index (κ3) is 39.8. The third-order valence-corrected chi connectivity index (χ3v) is 14.5. The summed E-state index contributed by atoms with van der Waals surface area (Å²) in [5, 5.41) is 54.5. The van der Waals surface area contributed by atoms with Crippen molar-refractivity contribution in [3.63, 3.8) is 0 Å². The van der Waals surface area contributed by atoms with Crippen molar-refractivity contribution in [3.05, 3.63) is 24.3 Å². The first-order valence-electron chi connectivity index (χ1n) is 30.1. The van der Waals surface area contributed by atoms with Gasteiger partial charge in [0.2, 0.25) is 5.91 Å². The molecule has 1 aliphatic rings. The Morgan fingerprint density at radius 2 is 0.826 bits per heavy atom. The van der Waals surface area contributed by atoms with E-state index in [1.165, 1.54) is 238 Å². The molecule has 0 aliphatic carbocycles. The van der Waals surface area contributed by atoms with Gasteiger partial charge in [-0.15, -0.1) is 0 Å². The summed E-state index contributed by atoms with van der Waals surface area (Å²) in [5.74, 6) is -0.180. The molecule has 6 N–H and O–H groups in total. The van der Waals surface area contributed by atoms with Gasteiger partial charge in [-0.05, 0) is 32.1 Å². The number of hydrogen-bond donors (Lipinski definition) is 6. The smallest absolute Gasteiger partial charge is 0.220 e. The molecule has 408 valence electrons. The summed E-state index contributed by atoms with van der Waals surface area (Å²) in [7, 11) is 0. The van der Waals surface area contributed by atoms with E-state index in [0.29, 0.717) is 6.42 Å². The molecule has 7 atom stereocenters. The third-order valence-electron chi connectivity index (χ3n) is 14.5. The number of rotatable bonds is 52. The second-order valence-electron chi connectivity index (χ2n) is 21.1. The van der Waals surface area contributed by atoms with E-state index in [2.05, 4.69) is 31.3 Å². The molecule has 0 aromatic heterocycles. The van der Waals surface area contributed by atoms with E-state index >= 15 is 0 Å². The zero-order valence-corrected chi connectivity index (χ0v) is 45.3. The van der Waals surface area contributed by atoms with E-state index in [-0.39, 0.29) is 12.5 Å². The minimum absolute atomic E-state index is 0.180. The predicted molar refractivity (Wildman–Crippen MR) is 290 cm³/mol. The quantitative estimate of drug-likeness (QED) is 0.0261. The molecule has 0 radical (unpaired) electrons. The Labute approximate surface area is 426 Å². The van der Waals surface area contributed by atoms with Gasteiger partial charge in [-0.25, -0.2) is 0 Å². The van der Waals surface area contributed by atoms with Gasteiger partial charge in [0.05, 0.1) is 25.4 Å². The minimum atomic E-state index is -1.57. The van der Waals surface area contributed by atoms with Gasteiger partial charge in [0, 0.05) is 6.42 Å². The lowest BCUT2D eigenvalue weighted by molar-refractivity contribution is -0.302. The Hall–Kier alpha value is -1.33. The number of allylic oxidation sites excluding steroid dienone is 3. The van der Waals surface area contributed by atoms with Crippen LogP contribution in [0, 0.1) is 0 Å². The van der Waals surface area contributed by atoms with Crippen molar-refractivity contribution >= 4 is 5.91 Å². The molecule has 0 aromatic carbocycles. The summed E-state index contributed by atoms with van der Waals surface area (Å²) < 4.78 is 11.3. The molecular formula is C60H115NO8. The molecule has 1 aliphatic heterocycles. The molecule has 7 unspecified atom stereocenters. The molecule has 1 fully saturated rings. The van der Waals surface area contributed by atoms with Crippen LogP contribution >= 0.6 is 0 Å². The van der Waals surface area contributed by atoms with Crippen molar-refractivity contribution in [2.75, 3.05) is 13.2 Å². The number of hydrogen-bond acceptors (Lipinski definition) is 8. The average molecular weight is 979 g/mol. The molecule has 0 spiro atoms. The number of carbonyl (C=O) groups is 1. The second kappa shape index (κ2) is 50.2. The first kappa shape index (κ1) is 65.7. The maximum absolute atomic E-state index is 13.1. The fourth-order valence-corrected chi connectivity index (χ4v) is 9.76. The number of aliphatic hydroxyl groups is 5. The molecule has 1 amide bonds.